The van der Waals surface area contributed by atoms with E-state index in [0.717, 1.165) is 71.1 Å². The molecule has 6 nitrogen and oxygen atoms in total. The highest BCUT2D eigenvalue weighted by Crippen LogP contribution is 2.37. The van der Waals surface area contributed by atoms with Gasteiger partial charge >= 0.3 is 0 Å². The molecule has 0 spiro atoms. The highest BCUT2D eigenvalue weighted by molar-refractivity contribution is 6.02. The van der Waals surface area contributed by atoms with E-state index in [9.17, 15) is 4.79 Å². The number of Topliss-reactive ketones (excluding diaryl/α,β-unsaturated/α-hetero) is 1. The fourth-order valence-electron chi connectivity index (χ4n) is 4.99. The third-order valence-electron chi connectivity index (χ3n) is 6.90. The van der Waals surface area contributed by atoms with Crippen LogP contribution in [0, 0.1) is 0 Å². The number of nitrogens with zero attached hydrogens (tertiary/aromatic N) is 5. The van der Waals surface area contributed by atoms with E-state index in [0.29, 0.717) is 0 Å². The molecule has 3 heterocycles. The van der Waals surface area contributed by atoms with Gasteiger partial charge in [-0.1, -0.05) is 48.5 Å². The Morgan fingerprint density at radius 3 is 2.03 bits per heavy atom. The quantitative estimate of drug-likeness (QED) is 0.310. The summed E-state index contributed by atoms with van der Waals surface area (Å²) in [7, 11) is 0. The van der Waals surface area contributed by atoms with Crippen molar-refractivity contribution >= 4 is 28.3 Å². The molecule has 178 valence electrons. The number of carbonyl (C=O) groups excluding carboxylic acids is 1. The Hall–Kier alpha value is -4.45. The minimum atomic E-state index is 0.0933. The predicted molar refractivity (Wildman–Crippen MR) is 145 cm³/mol. The maximum Gasteiger partial charge on any atom is 0.159 e. The summed E-state index contributed by atoms with van der Waals surface area (Å²) in [6, 6.07) is 28.7. The van der Waals surface area contributed by atoms with E-state index in [1.165, 1.54) is 0 Å². The summed E-state index contributed by atoms with van der Waals surface area (Å²) >= 11 is 0. The molecule has 1 aliphatic heterocycles. The van der Waals surface area contributed by atoms with Gasteiger partial charge in [0.15, 0.2) is 11.4 Å². The standard InChI is InChI=1S/C30H27N5O/c1-22(36)23-12-14-25(15-13-23)33-16-18-34(19-17-33)29-28-27(24-8-4-2-5-9-24)20-35(30(28)32-21-31-29)26-10-6-3-7-11-26/h2-15,20-21H,16-19H2,1H3. The van der Waals surface area contributed by atoms with Gasteiger partial charge in [0.25, 0.3) is 0 Å². The third kappa shape index (κ3) is 4.01. The van der Waals surface area contributed by atoms with Crippen LogP contribution >= 0.6 is 0 Å². The Kier molecular flexibility index (Phi) is 5.70. The fourth-order valence-corrected chi connectivity index (χ4v) is 4.99. The van der Waals surface area contributed by atoms with Crippen LogP contribution in [0.3, 0.4) is 0 Å². The monoisotopic (exact) mass is 473 g/mol. The fraction of sp³-hybridized carbons (Fsp3) is 0.167. The summed E-state index contributed by atoms with van der Waals surface area (Å²) in [6.07, 6.45) is 3.86. The largest absolute Gasteiger partial charge is 0.368 e. The first kappa shape index (κ1) is 22.0. The molecule has 0 atom stereocenters. The zero-order valence-corrected chi connectivity index (χ0v) is 20.2. The first-order valence-electron chi connectivity index (χ1n) is 12.3. The second kappa shape index (κ2) is 9.30. The topological polar surface area (TPSA) is 54.3 Å². The number of fused-ring (bicyclic) bond motifs is 1. The molecule has 0 aliphatic carbocycles. The predicted octanol–water partition coefficient (Wildman–Crippen LogP) is 5.62. The number of rotatable bonds is 5. The molecular formula is C30H27N5O. The minimum absolute atomic E-state index is 0.0933. The molecule has 0 unspecified atom stereocenters. The summed E-state index contributed by atoms with van der Waals surface area (Å²) in [4.78, 5) is 25.9. The van der Waals surface area contributed by atoms with E-state index in [1.54, 1.807) is 13.3 Å². The number of hydrogen-bond acceptors (Lipinski definition) is 5. The number of ketones is 1. The third-order valence-corrected chi connectivity index (χ3v) is 6.90. The van der Waals surface area contributed by atoms with Crippen LogP contribution in [-0.2, 0) is 0 Å². The molecule has 1 aliphatic rings. The Labute approximate surface area is 210 Å². The molecular weight excluding hydrogens is 446 g/mol. The number of hydrogen-bond donors (Lipinski definition) is 0. The van der Waals surface area contributed by atoms with Crippen LogP contribution in [0.1, 0.15) is 17.3 Å². The van der Waals surface area contributed by atoms with Gasteiger partial charge in [-0.2, -0.15) is 0 Å². The molecule has 0 amide bonds. The zero-order chi connectivity index (χ0) is 24.5. The van der Waals surface area contributed by atoms with E-state index in [2.05, 4.69) is 57.0 Å². The van der Waals surface area contributed by atoms with Gasteiger partial charge in [-0.3, -0.25) is 4.79 Å². The van der Waals surface area contributed by atoms with Gasteiger partial charge in [-0.25, -0.2) is 9.97 Å². The second-order valence-electron chi connectivity index (χ2n) is 9.09. The maximum atomic E-state index is 11.6. The van der Waals surface area contributed by atoms with Crippen molar-refractivity contribution in [1.82, 2.24) is 14.5 Å². The molecule has 5 aromatic rings. The van der Waals surface area contributed by atoms with Gasteiger partial charge in [0, 0.05) is 54.9 Å². The Morgan fingerprint density at radius 1 is 0.722 bits per heavy atom. The van der Waals surface area contributed by atoms with Crippen molar-refractivity contribution in [3.8, 4) is 16.8 Å². The van der Waals surface area contributed by atoms with Crippen molar-refractivity contribution in [2.75, 3.05) is 36.0 Å². The summed E-state index contributed by atoms with van der Waals surface area (Å²) in [5.41, 5.74) is 6.16. The minimum Gasteiger partial charge on any atom is -0.368 e. The molecule has 3 aromatic carbocycles. The van der Waals surface area contributed by atoms with Gasteiger partial charge < -0.3 is 14.4 Å². The summed E-state index contributed by atoms with van der Waals surface area (Å²) < 4.78 is 2.16. The highest BCUT2D eigenvalue weighted by atomic mass is 16.1. The van der Waals surface area contributed by atoms with Gasteiger partial charge in [-0.05, 0) is 48.9 Å². The van der Waals surface area contributed by atoms with Crippen molar-refractivity contribution in [2.24, 2.45) is 0 Å². The van der Waals surface area contributed by atoms with Crippen molar-refractivity contribution in [3.63, 3.8) is 0 Å². The molecule has 6 heteroatoms. The smallest absolute Gasteiger partial charge is 0.159 e. The molecule has 1 fully saturated rings. The summed E-state index contributed by atoms with van der Waals surface area (Å²) in [5.74, 6) is 1.07. The number of aromatic nitrogens is 3. The van der Waals surface area contributed by atoms with Crippen LogP contribution in [0.5, 0.6) is 0 Å². The van der Waals surface area contributed by atoms with Crippen LogP contribution < -0.4 is 9.80 Å². The molecule has 2 aromatic heterocycles. The number of piperazine rings is 1. The van der Waals surface area contributed by atoms with Crippen LogP contribution in [0.2, 0.25) is 0 Å². The highest BCUT2D eigenvalue weighted by Gasteiger charge is 2.24. The number of para-hydroxylation sites is 1. The Balaban J connectivity index is 1.36. The van der Waals surface area contributed by atoms with E-state index in [1.807, 2.05) is 48.5 Å². The molecule has 6 rings (SSSR count). The summed E-state index contributed by atoms with van der Waals surface area (Å²) in [6.45, 7) is 5.07. The van der Waals surface area contributed by atoms with Crippen molar-refractivity contribution < 1.29 is 4.79 Å². The van der Waals surface area contributed by atoms with Gasteiger partial charge in [-0.15, -0.1) is 0 Å². The molecule has 0 N–H and O–H groups in total. The van der Waals surface area contributed by atoms with Crippen LogP contribution in [0.15, 0.2) is 97.5 Å². The van der Waals surface area contributed by atoms with Gasteiger partial charge in [0.05, 0.1) is 5.39 Å². The zero-order valence-electron chi connectivity index (χ0n) is 20.2. The summed E-state index contributed by atoms with van der Waals surface area (Å²) in [5, 5.41) is 1.08. The van der Waals surface area contributed by atoms with E-state index in [-0.39, 0.29) is 5.78 Å². The van der Waals surface area contributed by atoms with E-state index < -0.39 is 0 Å². The number of benzene rings is 3. The van der Waals surface area contributed by atoms with Crippen molar-refractivity contribution in [2.45, 2.75) is 6.92 Å². The lowest BCUT2D eigenvalue weighted by molar-refractivity contribution is 0.101. The SMILES string of the molecule is CC(=O)c1ccc(N2CCN(c3ncnc4c3c(-c3ccccc3)cn4-c3ccccc3)CC2)cc1. The Morgan fingerprint density at radius 2 is 1.36 bits per heavy atom. The second-order valence-corrected chi connectivity index (χ2v) is 9.09. The average molecular weight is 474 g/mol. The van der Waals surface area contributed by atoms with Gasteiger partial charge in [0.2, 0.25) is 0 Å². The molecule has 0 radical (unpaired) electrons. The van der Waals surface area contributed by atoms with Crippen LogP contribution in [0.25, 0.3) is 27.8 Å². The van der Waals surface area contributed by atoms with Crippen molar-refractivity contribution in [3.05, 3.63) is 103 Å². The lowest BCUT2D eigenvalue weighted by Crippen LogP contribution is -2.47. The van der Waals surface area contributed by atoms with E-state index >= 15 is 0 Å². The lowest BCUT2D eigenvalue weighted by Gasteiger charge is -2.37. The van der Waals surface area contributed by atoms with E-state index in [4.69, 9.17) is 9.97 Å². The van der Waals surface area contributed by atoms with Crippen LogP contribution in [-0.4, -0.2) is 46.5 Å². The molecule has 36 heavy (non-hydrogen) atoms. The van der Waals surface area contributed by atoms with Crippen LogP contribution in [0.4, 0.5) is 11.5 Å². The normalized spacial score (nSPS) is 13.8. The van der Waals surface area contributed by atoms with Crippen molar-refractivity contribution in [1.29, 1.82) is 0 Å². The molecule has 0 bridgehead atoms. The molecule has 1 saturated heterocycles. The van der Waals surface area contributed by atoms with Gasteiger partial charge in [0.1, 0.15) is 12.1 Å². The first-order chi connectivity index (χ1) is 17.7. The number of anilines is 2. The lowest BCUT2D eigenvalue weighted by atomic mass is 10.1. The average Bonchev–Trinajstić information content (AvgIpc) is 3.34. The Bertz CT molecular complexity index is 1500. The number of carbonyl (C=O) groups is 1. The maximum absolute atomic E-state index is 11.6. The first-order valence-corrected chi connectivity index (χ1v) is 12.3. The molecule has 0 saturated carbocycles.